The van der Waals surface area contributed by atoms with Crippen molar-refractivity contribution in [2.24, 2.45) is 0 Å². The van der Waals surface area contributed by atoms with Gasteiger partial charge in [0.2, 0.25) is 0 Å². The van der Waals surface area contributed by atoms with Crippen LogP contribution in [0.3, 0.4) is 0 Å². The van der Waals surface area contributed by atoms with E-state index in [4.69, 9.17) is 18.0 Å². The van der Waals surface area contributed by atoms with Crippen molar-refractivity contribution in [1.82, 2.24) is 10.2 Å². The lowest BCUT2D eigenvalue weighted by Crippen LogP contribution is -2.29. The predicted molar refractivity (Wildman–Crippen MR) is 104 cm³/mol. The molecular formula is C21H21ClN2O2. The van der Waals surface area contributed by atoms with Gasteiger partial charge in [0, 0.05) is 24.2 Å². The Bertz CT molecular complexity index is 808. The van der Waals surface area contributed by atoms with E-state index in [9.17, 15) is 9.90 Å². The molecule has 4 nitrogen and oxygen atoms in total. The van der Waals surface area contributed by atoms with Gasteiger partial charge in [0.25, 0.3) is 5.91 Å². The minimum atomic E-state index is -0.596. The topological polar surface area (TPSA) is 52.6 Å². The van der Waals surface area contributed by atoms with Crippen molar-refractivity contribution in [2.75, 3.05) is 6.54 Å². The van der Waals surface area contributed by atoms with Crippen LogP contribution in [0.2, 0.25) is 5.02 Å². The number of hydrogen-bond donors (Lipinski definition) is 2. The summed E-state index contributed by atoms with van der Waals surface area (Å²) in [6.07, 6.45) is 5.45. The van der Waals surface area contributed by atoms with Crippen LogP contribution >= 0.6 is 11.6 Å². The van der Waals surface area contributed by atoms with Gasteiger partial charge in [0.1, 0.15) is 0 Å². The van der Waals surface area contributed by atoms with Crippen molar-refractivity contribution in [3.8, 4) is 12.5 Å². The van der Waals surface area contributed by atoms with Gasteiger partial charge in [0.15, 0.2) is 5.76 Å². The molecule has 0 aliphatic carbocycles. The van der Waals surface area contributed by atoms with Gasteiger partial charge in [-0.3, -0.25) is 9.69 Å². The van der Waals surface area contributed by atoms with Crippen LogP contribution in [0.15, 0.2) is 65.9 Å². The fourth-order valence-electron chi connectivity index (χ4n) is 2.33. The molecule has 0 fully saturated rings. The minimum absolute atomic E-state index is 0.196. The first-order chi connectivity index (χ1) is 12.5. The number of amides is 1. The Morgan fingerprint density at radius 1 is 1.15 bits per heavy atom. The van der Waals surface area contributed by atoms with Crippen molar-refractivity contribution in [3.05, 3.63) is 82.1 Å². The van der Waals surface area contributed by atoms with Gasteiger partial charge in [-0.05, 0) is 35.8 Å². The second-order valence-corrected chi connectivity index (χ2v) is 6.30. The third-order valence-corrected chi connectivity index (χ3v) is 4.08. The summed E-state index contributed by atoms with van der Waals surface area (Å²) in [6, 6.07) is 19.2. The standard InChI is InChI=1S/C21H21ClN2O2/c1-3-24(15-18-9-11-19(22)12-10-18)21(26)20(25)16(2)13-23-14-17-7-5-4-6-8-17/h1,4-12,23,25H,13-15H2,2H3/b20-16-. The van der Waals surface area contributed by atoms with E-state index in [0.29, 0.717) is 23.7 Å². The Hall–Kier alpha value is -2.74. The molecule has 5 heteroatoms. The van der Waals surface area contributed by atoms with Crippen LogP contribution in [0.4, 0.5) is 0 Å². The Morgan fingerprint density at radius 2 is 1.81 bits per heavy atom. The third-order valence-electron chi connectivity index (χ3n) is 3.82. The number of aliphatic hydroxyl groups excluding tert-OH is 1. The number of hydrogen-bond acceptors (Lipinski definition) is 3. The summed E-state index contributed by atoms with van der Waals surface area (Å²) in [5.74, 6) is -0.932. The first kappa shape index (κ1) is 19.6. The molecule has 0 atom stereocenters. The molecule has 2 aromatic rings. The number of benzene rings is 2. The molecule has 0 spiro atoms. The smallest absolute Gasteiger partial charge is 0.300 e. The highest BCUT2D eigenvalue weighted by atomic mass is 35.5. The monoisotopic (exact) mass is 368 g/mol. The van der Waals surface area contributed by atoms with Gasteiger partial charge >= 0.3 is 0 Å². The zero-order chi connectivity index (χ0) is 18.9. The molecule has 1 amide bonds. The molecule has 0 heterocycles. The summed E-state index contributed by atoms with van der Waals surface area (Å²) < 4.78 is 0. The molecule has 0 radical (unpaired) electrons. The normalized spacial score (nSPS) is 11.4. The van der Waals surface area contributed by atoms with E-state index in [0.717, 1.165) is 16.0 Å². The summed E-state index contributed by atoms with van der Waals surface area (Å²) in [6.45, 7) is 2.92. The molecule has 26 heavy (non-hydrogen) atoms. The summed E-state index contributed by atoms with van der Waals surface area (Å²) >= 11 is 5.85. The fraction of sp³-hybridized carbons (Fsp3) is 0.190. The van der Waals surface area contributed by atoms with Crippen LogP contribution in [0.5, 0.6) is 0 Å². The maximum absolute atomic E-state index is 12.4. The van der Waals surface area contributed by atoms with Gasteiger partial charge < -0.3 is 10.4 Å². The summed E-state index contributed by atoms with van der Waals surface area (Å²) in [7, 11) is 0. The number of carbonyl (C=O) groups excluding carboxylic acids is 1. The quantitative estimate of drug-likeness (QED) is 0.337. The Morgan fingerprint density at radius 3 is 2.42 bits per heavy atom. The number of terminal acetylenes is 1. The van der Waals surface area contributed by atoms with Gasteiger partial charge in [-0.2, -0.15) is 0 Å². The van der Waals surface area contributed by atoms with Gasteiger partial charge in [-0.25, -0.2) is 0 Å². The molecule has 0 aliphatic heterocycles. The molecule has 2 N–H and O–H groups in total. The lowest BCUT2D eigenvalue weighted by Gasteiger charge is -2.16. The van der Waals surface area contributed by atoms with E-state index in [2.05, 4.69) is 11.4 Å². The first-order valence-electron chi connectivity index (χ1n) is 8.17. The second kappa shape index (κ2) is 9.67. The fourth-order valence-corrected chi connectivity index (χ4v) is 2.46. The summed E-state index contributed by atoms with van der Waals surface area (Å²) in [5.41, 5.74) is 2.48. The molecule has 2 aromatic carbocycles. The molecular weight excluding hydrogens is 348 g/mol. The van der Waals surface area contributed by atoms with Crippen LogP contribution in [0.1, 0.15) is 18.1 Å². The Kier molecular flexibility index (Phi) is 7.28. The molecule has 0 saturated carbocycles. The molecule has 2 rings (SSSR count). The molecule has 0 bridgehead atoms. The van der Waals surface area contributed by atoms with Crippen molar-refractivity contribution < 1.29 is 9.90 Å². The number of carbonyl (C=O) groups is 1. The lowest BCUT2D eigenvalue weighted by atomic mass is 10.2. The van der Waals surface area contributed by atoms with Gasteiger partial charge in [-0.15, -0.1) is 0 Å². The van der Waals surface area contributed by atoms with Crippen LogP contribution in [-0.2, 0) is 17.9 Å². The van der Waals surface area contributed by atoms with E-state index in [1.54, 1.807) is 31.2 Å². The van der Waals surface area contributed by atoms with Crippen molar-refractivity contribution in [3.63, 3.8) is 0 Å². The van der Waals surface area contributed by atoms with Crippen molar-refractivity contribution in [1.29, 1.82) is 0 Å². The number of nitrogens with one attached hydrogen (secondary N) is 1. The highest BCUT2D eigenvalue weighted by molar-refractivity contribution is 6.30. The van der Waals surface area contributed by atoms with Crippen LogP contribution < -0.4 is 5.32 Å². The first-order valence-corrected chi connectivity index (χ1v) is 8.55. The van der Waals surface area contributed by atoms with E-state index in [-0.39, 0.29) is 12.3 Å². The van der Waals surface area contributed by atoms with E-state index < -0.39 is 5.91 Å². The SMILES string of the molecule is C#CN(Cc1ccc(Cl)cc1)C(=O)/C(O)=C(\C)CNCc1ccccc1. The minimum Gasteiger partial charge on any atom is -0.503 e. The molecule has 0 unspecified atom stereocenters. The number of nitrogens with zero attached hydrogens (tertiary/aromatic N) is 1. The lowest BCUT2D eigenvalue weighted by molar-refractivity contribution is -0.127. The molecule has 134 valence electrons. The van der Waals surface area contributed by atoms with Crippen LogP contribution in [0, 0.1) is 12.5 Å². The number of aliphatic hydroxyl groups is 1. The predicted octanol–water partition coefficient (Wildman–Crippen LogP) is 3.88. The average Bonchev–Trinajstić information content (AvgIpc) is 2.67. The maximum atomic E-state index is 12.4. The largest absolute Gasteiger partial charge is 0.503 e. The zero-order valence-electron chi connectivity index (χ0n) is 14.6. The maximum Gasteiger partial charge on any atom is 0.300 e. The summed E-state index contributed by atoms with van der Waals surface area (Å²) in [4.78, 5) is 13.6. The summed E-state index contributed by atoms with van der Waals surface area (Å²) in [5, 5.41) is 14.0. The number of rotatable bonds is 7. The number of halogens is 1. The van der Waals surface area contributed by atoms with Crippen LogP contribution in [-0.4, -0.2) is 22.5 Å². The third kappa shape index (κ3) is 5.66. The highest BCUT2D eigenvalue weighted by Gasteiger charge is 2.18. The van der Waals surface area contributed by atoms with Crippen molar-refractivity contribution in [2.45, 2.75) is 20.0 Å². The van der Waals surface area contributed by atoms with E-state index >= 15 is 0 Å². The molecule has 0 saturated heterocycles. The molecule has 0 aromatic heterocycles. The zero-order valence-corrected chi connectivity index (χ0v) is 15.3. The van der Waals surface area contributed by atoms with Crippen LogP contribution in [0.25, 0.3) is 0 Å². The second-order valence-electron chi connectivity index (χ2n) is 5.86. The average molecular weight is 369 g/mol. The Labute approximate surface area is 159 Å². The van der Waals surface area contributed by atoms with Gasteiger partial charge in [-0.1, -0.05) is 60.5 Å². The van der Waals surface area contributed by atoms with Gasteiger partial charge in [0.05, 0.1) is 6.54 Å². The Balaban J connectivity index is 1.96. The van der Waals surface area contributed by atoms with E-state index in [1.165, 1.54) is 0 Å². The highest BCUT2D eigenvalue weighted by Crippen LogP contribution is 2.13. The van der Waals surface area contributed by atoms with E-state index in [1.807, 2.05) is 30.3 Å². The molecule has 0 aliphatic rings. The van der Waals surface area contributed by atoms with Crippen molar-refractivity contribution >= 4 is 17.5 Å².